The summed E-state index contributed by atoms with van der Waals surface area (Å²) >= 11 is 0. The van der Waals surface area contributed by atoms with Gasteiger partial charge in [-0.15, -0.1) is 0 Å². The van der Waals surface area contributed by atoms with Crippen LogP contribution in [0.2, 0.25) is 0 Å². The molecule has 3 aromatic heterocycles. The average molecular weight is 451 g/mol. The zero-order valence-electron chi connectivity index (χ0n) is 19.7. The van der Waals surface area contributed by atoms with Gasteiger partial charge in [0.25, 0.3) is 5.91 Å². The summed E-state index contributed by atoms with van der Waals surface area (Å²) in [4.78, 5) is 17.7. The summed E-state index contributed by atoms with van der Waals surface area (Å²) < 4.78 is 3.62. The lowest BCUT2D eigenvalue weighted by Crippen LogP contribution is -2.13. The normalized spacial score (nSPS) is 11.2. The largest absolute Gasteiger partial charge is 0.319 e. The first kappa shape index (κ1) is 21.6. The fourth-order valence-electron chi connectivity index (χ4n) is 4.07. The van der Waals surface area contributed by atoms with Crippen LogP contribution < -0.4 is 5.32 Å². The van der Waals surface area contributed by atoms with Crippen molar-refractivity contribution in [3.63, 3.8) is 0 Å². The standard InChI is InChI=1S/C27H26N6O/c1-17-5-9-21(10-6-17)16-32-20(4)25(19(3)31-32)30-27(34)23-15-29-33-24(13-14-28-26(23)33)22-11-7-18(2)8-12-22/h5-15H,16H2,1-4H3,(H,30,34). The van der Waals surface area contributed by atoms with E-state index in [4.69, 9.17) is 0 Å². The maximum absolute atomic E-state index is 13.2. The van der Waals surface area contributed by atoms with Crippen LogP contribution in [-0.4, -0.2) is 30.3 Å². The number of nitrogens with one attached hydrogen (secondary N) is 1. The third kappa shape index (κ3) is 3.96. The molecule has 0 radical (unpaired) electrons. The molecule has 1 N–H and O–H groups in total. The number of nitrogens with zero attached hydrogens (tertiary/aromatic N) is 5. The van der Waals surface area contributed by atoms with Gasteiger partial charge in [0.1, 0.15) is 5.56 Å². The highest BCUT2D eigenvalue weighted by molar-refractivity contribution is 6.08. The molecule has 7 heteroatoms. The van der Waals surface area contributed by atoms with E-state index in [0.29, 0.717) is 23.4 Å². The smallest absolute Gasteiger partial charge is 0.261 e. The third-order valence-electron chi connectivity index (χ3n) is 6.07. The van der Waals surface area contributed by atoms with E-state index in [1.54, 1.807) is 16.9 Å². The number of aryl methyl sites for hydroxylation is 3. The number of anilines is 1. The molecular weight excluding hydrogens is 424 g/mol. The van der Waals surface area contributed by atoms with E-state index >= 15 is 0 Å². The summed E-state index contributed by atoms with van der Waals surface area (Å²) in [6.45, 7) is 8.63. The molecular formula is C27H26N6O. The third-order valence-corrected chi connectivity index (χ3v) is 6.07. The van der Waals surface area contributed by atoms with E-state index < -0.39 is 0 Å². The Morgan fingerprint density at radius 1 is 0.912 bits per heavy atom. The molecule has 34 heavy (non-hydrogen) atoms. The highest BCUT2D eigenvalue weighted by Gasteiger charge is 2.20. The Morgan fingerprint density at radius 2 is 1.59 bits per heavy atom. The minimum Gasteiger partial charge on any atom is -0.319 e. The number of amides is 1. The van der Waals surface area contributed by atoms with Crippen LogP contribution in [0.25, 0.3) is 16.9 Å². The summed E-state index contributed by atoms with van der Waals surface area (Å²) in [5.74, 6) is -0.260. The van der Waals surface area contributed by atoms with Crippen LogP contribution in [0, 0.1) is 27.7 Å². The summed E-state index contributed by atoms with van der Waals surface area (Å²) in [6.07, 6.45) is 3.27. The Morgan fingerprint density at radius 3 is 2.29 bits per heavy atom. The van der Waals surface area contributed by atoms with Crippen LogP contribution in [0.1, 0.15) is 38.4 Å². The predicted octanol–water partition coefficient (Wildman–Crippen LogP) is 5.13. The number of carbonyl (C=O) groups is 1. The van der Waals surface area contributed by atoms with Crippen molar-refractivity contribution in [3.8, 4) is 11.3 Å². The van der Waals surface area contributed by atoms with Gasteiger partial charge in [0.15, 0.2) is 5.65 Å². The van der Waals surface area contributed by atoms with Crippen LogP contribution >= 0.6 is 0 Å². The monoisotopic (exact) mass is 450 g/mol. The highest BCUT2D eigenvalue weighted by atomic mass is 16.1. The van der Waals surface area contributed by atoms with Crippen LogP contribution in [0.3, 0.4) is 0 Å². The topological polar surface area (TPSA) is 77.1 Å². The molecule has 0 saturated heterocycles. The summed E-state index contributed by atoms with van der Waals surface area (Å²) in [7, 11) is 0. The molecule has 7 nitrogen and oxygen atoms in total. The zero-order chi connectivity index (χ0) is 23.8. The molecule has 0 atom stereocenters. The maximum atomic E-state index is 13.2. The van der Waals surface area contributed by atoms with Gasteiger partial charge in [-0.1, -0.05) is 59.7 Å². The molecule has 1 amide bonds. The van der Waals surface area contributed by atoms with Crippen LogP contribution in [0.5, 0.6) is 0 Å². The number of benzene rings is 2. The number of hydrogen-bond acceptors (Lipinski definition) is 4. The Balaban J connectivity index is 1.43. The minimum absolute atomic E-state index is 0.260. The molecule has 0 aliphatic rings. The molecule has 0 fully saturated rings. The van der Waals surface area contributed by atoms with E-state index in [0.717, 1.165) is 28.2 Å². The molecule has 5 rings (SSSR count). The quantitative estimate of drug-likeness (QED) is 0.403. The molecule has 0 bridgehead atoms. The van der Waals surface area contributed by atoms with Gasteiger partial charge in [0.05, 0.1) is 35.5 Å². The summed E-state index contributed by atoms with van der Waals surface area (Å²) in [5.41, 5.74) is 8.76. The first-order chi connectivity index (χ1) is 16.4. The number of carbonyl (C=O) groups excluding carboxylic acids is 1. The molecule has 2 aromatic carbocycles. The van der Waals surface area contributed by atoms with E-state index in [2.05, 4.69) is 70.7 Å². The van der Waals surface area contributed by atoms with Crippen molar-refractivity contribution in [3.05, 3.63) is 101 Å². The molecule has 3 heterocycles. The number of aromatic nitrogens is 5. The SMILES string of the molecule is Cc1ccc(Cn2nc(C)c(NC(=O)c3cnn4c(-c5ccc(C)cc5)ccnc34)c2C)cc1. The van der Waals surface area contributed by atoms with E-state index in [1.807, 2.05) is 36.7 Å². The van der Waals surface area contributed by atoms with Gasteiger partial charge in [-0.05, 0) is 39.3 Å². The molecule has 0 saturated carbocycles. The fourth-order valence-corrected chi connectivity index (χ4v) is 4.07. The van der Waals surface area contributed by atoms with Crippen molar-refractivity contribution in [1.82, 2.24) is 24.4 Å². The van der Waals surface area contributed by atoms with Gasteiger partial charge in [0.2, 0.25) is 0 Å². The van der Waals surface area contributed by atoms with Crippen LogP contribution in [0.4, 0.5) is 5.69 Å². The number of fused-ring (bicyclic) bond motifs is 1. The lowest BCUT2D eigenvalue weighted by Gasteiger charge is -2.08. The van der Waals surface area contributed by atoms with Gasteiger partial charge in [-0.3, -0.25) is 9.48 Å². The van der Waals surface area contributed by atoms with Crippen molar-refractivity contribution in [2.45, 2.75) is 34.2 Å². The second-order valence-electron chi connectivity index (χ2n) is 8.63. The zero-order valence-corrected chi connectivity index (χ0v) is 19.7. The molecule has 170 valence electrons. The molecule has 0 aliphatic heterocycles. The fraction of sp³-hybridized carbons (Fsp3) is 0.185. The second-order valence-corrected chi connectivity index (χ2v) is 8.63. The van der Waals surface area contributed by atoms with Crippen molar-refractivity contribution in [2.75, 3.05) is 5.32 Å². The van der Waals surface area contributed by atoms with Gasteiger partial charge < -0.3 is 5.32 Å². The molecule has 0 aliphatic carbocycles. The summed E-state index contributed by atoms with van der Waals surface area (Å²) in [5, 5.41) is 12.2. The van der Waals surface area contributed by atoms with Gasteiger partial charge in [-0.2, -0.15) is 10.2 Å². The Kier molecular flexibility index (Phi) is 5.45. The van der Waals surface area contributed by atoms with Crippen molar-refractivity contribution >= 4 is 17.2 Å². The van der Waals surface area contributed by atoms with Gasteiger partial charge in [0, 0.05) is 11.8 Å². The molecule has 0 spiro atoms. The van der Waals surface area contributed by atoms with Crippen molar-refractivity contribution < 1.29 is 4.79 Å². The van der Waals surface area contributed by atoms with E-state index in [-0.39, 0.29) is 5.91 Å². The molecule has 5 aromatic rings. The molecule has 0 unspecified atom stereocenters. The average Bonchev–Trinajstić information content (AvgIpc) is 3.38. The van der Waals surface area contributed by atoms with Gasteiger partial charge >= 0.3 is 0 Å². The Labute approximate surface area is 198 Å². The van der Waals surface area contributed by atoms with Crippen molar-refractivity contribution in [1.29, 1.82) is 0 Å². The predicted molar refractivity (Wildman–Crippen MR) is 133 cm³/mol. The minimum atomic E-state index is -0.260. The first-order valence-corrected chi connectivity index (χ1v) is 11.2. The van der Waals surface area contributed by atoms with Crippen LogP contribution in [0.15, 0.2) is 67.0 Å². The van der Waals surface area contributed by atoms with Crippen molar-refractivity contribution in [2.24, 2.45) is 0 Å². The Hall–Kier alpha value is -4.26. The van der Waals surface area contributed by atoms with E-state index in [9.17, 15) is 4.79 Å². The number of rotatable bonds is 5. The first-order valence-electron chi connectivity index (χ1n) is 11.2. The maximum Gasteiger partial charge on any atom is 0.261 e. The summed E-state index contributed by atoms with van der Waals surface area (Å²) in [6, 6.07) is 18.5. The lowest BCUT2D eigenvalue weighted by molar-refractivity contribution is 0.102. The lowest BCUT2D eigenvalue weighted by atomic mass is 10.1. The number of hydrogen-bond donors (Lipinski definition) is 1. The van der Waals surface area contributed by atoms with Crippen LogP contribution in [-0.2, 0) is 6.54 Å². The Bertz CT molecular complexity index is 1490. The van der Waals surface area contributed by atoms with E-state index in [1.165, 1.54) is 11.1 Å². The second kappa shape index (κ2) is 8.59. The highest BCUT2D eigenvalue weighted by Crippen LogP contribution is 2.24. The van der Waals surface area contributed by atoms with Gasteiger partial charge in [-0.25, -0.2) is 9.50 Å².